The molecule has 0 aliphatic heterocycles. The van der Waals surface area contributed by atoms with Gasteiger partial charge in [0.15, 0.2) is 5.52 Å². The topological polar surface area (TPSA) is 181 Å². The van der Waals surface area contributed by atoms with Crippen molar-refractivity contribution in [3.63, 3.8) is 0 Å². The van der Waals surface area contributed by atoms with Crippen LogP contribution < -0.4 is 23.4 Å². The molecule has 0 aromatic heterocycles. The number of carboxylic acid groups (broad SMARTS) is 1. The minimum absolute atomic E-state index is 0.0140. The van der Waals surface area contributed by atoms with Gasteiger partial charge >= 0.3 is 11.8 Å². The van der Waals surface area contributed by atoms with E-state index in [4.69, 9.17) is 30.3 Å². The van der Waals surface area contributed by atoms with E-state index in [2.05, 4.69) is 0 Å². The van der Waals surface area contributed by atoms with Crippen molar-refractivity contribution in [3.05, 3.63) is 99.1 Å². The zero-order valence-electron chi connectivity index (χ0n) is 20.9. The predicted molar refractivity (Wildman–Crippen MR) is 149 cm³/mol. The van der Waals surface area contributed by atoms with E-state index in [9.17, 15) is 34.7 Å². The normalized spacial score (nSPS) is 13.2. The number of nitrogens with zero attached hydrogens (tertiary/aromatic N) is 3. The van der Waals surface area contributed by atoms with Crippen LogP contribution in [0.2, 0.25) is 0 Å². The number of methoxy groups -OCH3 is 2. The maximum Gasteiger partial charge on any atom is 0.643 e. The molecule has 0 radical (unpaired) electrons. The zero-order chi connectivity index (χ0) is 29.4. The number of nitro groups is 2. The van der Waals surface area contributed by atoms with Gasteiger partial charge in [0.25, 0.3) is 8.03 Å². The van der Waals surface area contributed by atoms with E-state index in [1.807, 2.05) is 0 Å². The summed E-state index contributed by atoms with van der Waals surface area (Å²) in [5.41, 5.74) is -2.24. The van der Waals surface area contributed by atoms with E-state index in [1.165, 1.54) is 93.1 Å². The maximum atomic E-state index is 13.8. The molecule has 3 aromatic rings. The summed E-state index contributed by atoms with van der Waals surface area (Å²) in [6.07, 6.45) is 0. The summed E-state index contributed by atoms with van der Waals surface area (Å²) in [5, 5.41) is 34.4. The van der Waals surface area contributed by atoms with Gasteiger partial charge < -0.3 is 23.6 Å². The molecule has 0 spiro atoms. The average molecular weight is 611 g/mol. The number of carbonyl (C=O) groups is 1. The largest absolute Gasteiger partial charge is 0.643 e. The number of benzene rings is 3. The lowest BCUT2D eigenvalue weighted by Crippen LogP contribution is -2.67. The van der Waals surface area contributed by atoms with Gasteiger partial charge in [0.1, 0.15) is 39.8 Å². The van der Waals surface area contributed by atoms with E-state index in [0.29, 0.717) is 16.4 Å². The highest BCUT2D eigenvalue weighted by Crippen LogP contribution is 2.52. The van der Waals surface area contributed by atoms with Crippen LogP contribution in [0.25, 0.3) is 0 Å². The molecule has 0 saturated carbocycles. The SMILES string of the molecule is COc1ccc(O[PH](=O)C(N(c2ccccc2)C(C(=O)O)([N+](=O)[O-])[N+](=O)[O-])[PH](=S)Oc2ccc(OC)cc2)cc1. The Balaban J connectivity index is 2.21. The Hall–Kier alpha value is -4.19. The van der Waals surface area contributed by atoms with Gasteiger partial charge in [-0.05, 0) is 60.7 Å². The molecule has 40 heavy (non-hydrogen) atoms. The van der Waals surface area contributed by atoms with Crippen LogP contribution in [-0.2, 0) is 21.2 Å². The Morgan fingerprint density at radius 3 is 1.68 bits per heavy atom. The number of para-hydroxylation sites is 1. The van der Waals surface area contributed by atoms with Crippen LogP contribution in [0.4, 0.5) is 5.69 Å². The second kappa shape index (κ2) is 13.2. The number of hydrogen-bond donors (Lipinski definition) is 1. The summed E-state index contributed by atoms with van der Waals surface area (Å²) in [6.45, 7) is -3.08. The molecule has 3 atom stereocenters. The molecule has 3 unspecified atom stereocenters. The van der Waals surface area contributed by atoms with Gasteiger partial charge in [0.2, 0.25) is 0 Å². The van der Waals surface area contributed by atoms with Gasteiger partial charge in [0, 0.05) is 0 Å². The number of hydrogen-bond acceptors (Lipinski definition) is 12. The summed E-state index contributed by atoms with van der Waals surface area (Å²) in [5.74, 6) is -5.42. The van der Waals surface area contributed by atoms with Crippen LogP contribution >= 0.6 is 15.0 Å². The summed E-state index contributed by atoms with van der Waals surface area (Å²) in [4.78, 5) is 34.0. The summed E-state index contributed by atoms with van der Waals surface area (Å²) < 4.78 is 35.4. The molecule has 0 saturated heterocycles. The van der Waals surface area contributed by atoms with E-state index in [-0.39, 0.29) is 17.2 Å². The minimum atomic E-state index is -4.03. The lowest BCUT2D eigenvalue weighted by molar-refractivity contribution is -0.776. The first-order valence-corrected chi connectivity index (χ1v) is 15.2. The molecule has 1 N–H and O–H groups in total. The molecule has 3 rings (SSSR count). The fourth-order valence-electron chi connectivity index (χ4n) is 3.54. The van der Waals surface area contributed by atoms with Crippen LogP contribution in [0.1, 0.15) is 0 Å². The standard InChI is InChI=1S/C23H23N3O11P2S/c1-34-17-8-12-19(13-9-17)36-38(33)22(39(40)37-20-14-10-18(35-2)11-15-20)24(16-6-4-3-5-7-16)23(21(27)28,25(29)30)26(31)32/h3-15,22,38-39H,1-2H3,(H,27,28). The van der Waals surface area contributed by atoms with Crippen LogP contribution in [0.3, 0.4) is 0 Å². The summed E-state index contributed by atoms with van der Waals surface area (Å²) in [7, 11) is -0.837. The lowest BCUT2D eigenvalue weighted by Gasteiger charge is -2.34. The first-order valence-electron chi connectivity index (χ1n) is 11.1. The predicted octanol–water partition coefficient (Wildman–Crippen LogP) is 4.31. The highest BCUT2D eigenvalue weighted by Gasteiger charge is 2.73. The zero-order valence-corrected chi connectivity index (χ0v) is 23.7. The van der Waals surface area contributed by atoms with Gasteiger partial charge in [-0.3, -0.25) is 24.8 Å². The smallest absolute Gasteiger partial charge is 0.497 e. The Kier molecular flexibility index (Phi) is 10.1. The molecule has 0 heterocycles. The molecule has 0 aliphatic carbocycles. The van der Waals surface area contributed by atoms with Crippen molar-refractivity contribution in [1.29, 1.82) is 0 Å². The van der Waals surface area contributed by atoms with Crippen molar-refractivity contribution in [3.8, 4) is 23.0 Å². The van der Waals surface area contributed by atoms with Crippen molar-refractivity contribution in [2.45, 2.75) is 11.3 Å². The van der Waals surface area contributed by atoms with Crippen molar-refractivity contribution >= 4 is 38.4 Å². The quantitative estimate of drug-likeness (QED) is 0.118. The second-order valence-electron chi connectivity index (χ2n) is 7.76. The third-order valence-electron chi connectivity index (χ3n) is 5.43. The Morgan fingerprint density at radius 2 is 1.27 bits per heavy atom. The number of rotatable bonds is 14. The summed E-state index contributed by atoms with van der Waals surface area (Å²) >= 11 is 5.53. The highest BCUT2D eigenvalue weighted by molar-refractivity contribution is 8.05. The third-order valence-corrected chi connectivity index (χ3v) is 10.8. The summed E-state index contributed by atoms with van der Waals surface area (Å²) in [6, 6.07) is 18.3. The van der Waals surface area contributed by atoms with E-state index >= 15 is 0 Å². The number of aliphatic carboxylic acids is 1. The van der Waals surface area contributed by atoms with E-state index < -0.39 is 42.1 Å². The second-order valence-corrected chi connectivity index (χ2v) is 12.3. The van der Waals surface area contributed by atoms with Crippen LogP contribution in [0.5, 0.6) is 23.0 Å². The third kappa shape index (κ3) is 6.33. The van der Waals surface area contributed by atoms with Crippen LogP contribution in [-0.4, -0.2) is 46.5 Å². The van der Waals surface area contributed by atoms with Crippen molar-refractivity contribution in [2.24, 2.45) is 0 Å². The molecule has 212 valence electrons. The van der Waals surface area contributed by atoms with Gasteiger partial charge in [-0.1, -0.05) is 30.0 Å². The van der Waals surface area contributed by atoms with Crippen molar-refractivity contribution in [1.82, 2.24) is 0 Å². The molecule has 14 nitrogen and oxygen atoms in total. The molecule has 17 heteroatoms. The lowest BCUT2D eigenvalue weighted by atomic mass is 10.2. The number of ether oxygens (including phenoxy) is 2. The van der Waals surface area contributed by atoms with Gasteiger partial charge in [-0.25, -0.2) is 9.69 Å². The van der Waals surface area contributed by atoms with Gasteiger partial charge in [-0.15, -0.1) is 0 Å². The molecule has 0 fully saturated rings. The molecule has 0 amide bonds. The monoisotopic (exact) mass is 611 g/mol. The van der Waals surface area contributed by atoms with Gasteiger partial charge in [-0.2, -0.15) is 0 Å². The molecule has 3 aromatic carbocycles. The Morgan fingerprint density at radius 1 is 0.850 bits per heavy atom. The Labute approximate surface area is 233 Å². The minimum Gasteiger partial charge on any atom is -0.497 e. The van der Waals surface area contributed by atoms with E-state index in [0.717, 1.165) is 0 Å². The maximum absolute atomic E-state index is 13.8. The molecule has 0 aliphatic rings. The van der Waals surface area contributed by atoms with Gasteiger partial charge in [0.05, 0.1) is 19.9 Å². The molecule has 0 bridgehead atoms. The van der Waals surface area contributed by atoms with E-state index in [1.54, 1.807) is 0 Å². The average Bonchev–Trinajstić information content (AvgIpc) is 2.93. The fourth-order valence-corrected chi connectivity index (χ4v) is 8.17. The first kappa shape index (κ1) is 30.4. The first-order chi connectivity index (χ1) is 19.1. The fraction of sp³-hybridized carbons (Fsp3) is 0.174. The molecular weight excluding hydrogens is 588 g/mol. The van der Waals surface area contributed by atoms with Crippen molar-refractivity contribution < 1.29 is 42.8 Å². The van der Waals surface area contributed by atoms with Crippen LogP contribution in [0, 0.1) is 20.2 Å². The Bertz CT molecular complexity index is 1310. The molecular formula is C23H23N3O11P2S. The van der Waals surface area contributed by atoms with Crippen molar-refractivity contribution in [2.75, 3.05) is 19.1 Å². The number of anilines is 1. The highest BCUT2D eigenvalue weighted by atomic mass is 32.4. The number of carboxylic acids is 1. The van der Waals surface area contributed by atoms with Crippen LogP contribution in [0.15, 0.2) is 78.9 Å².